The fourth-order valence-electron chi connectivity index (χ4n) is 2.27. The molecule has 0 rings (SSSR count). The zero-order chi connectivity index (χ0) is 15.4. The monoisotopic (exact) mass is 328 g/mol. The molecule has 0 saturated heterocycles. The summed E-state index contributed by atoms with van der Waals surface area (Å²) in [5, 5.41) is 17.9. The molecular formula is C16H32CaO4. The Hall–Kier alpha value is 0.200. The molecule has 0 unspecified atom stereocenters. The first-order chi connectivity index (χ1) is 9.45. The van der Waals surface area contributed by atoms with E-state index in [0.717, 1.165) is 12.8 Å². The van der Waals surface area contributed by atoms with E-state index >= 15 is 0 Å². The van der Waals surface area contributed by atoms with Crippen LogP contribution in [0.15, 0.2) is 0 Å². The van der Waals surface area contributed by atoms with Crippen molar-refractivity contribution in [1.29, 1.82) is 0 Å². The van der Waals surface area contributed by atoms with Gasteiger partial charge in [-0.2, -0.15) is 0 Å². The Labute approximate surface area is 161 Å². The number of hydrogen-bond donors (Lipinski definition) is 2. The summed E-state index contributed by atoms with van der Waals surface area (Å²) < 4.78 is 0. The van der Waals surface area contributed by atoms with E-state index in [0.29, 0.717) is 6.42 Å². The van der Waals surface area contributed by atoms with Gasteiger partial charge in [0.2, 0.25) is 0 Å². The third-order valence-corrected chi connectivity index (χ3v) is 3.97. The topological polar surface area (TPSA) is 74.6 Å². The smallest absolute Gasteiger partial charge is 1.00 e. The largest absolute Gasteiger partial charge is 2.00 e. The fourth-order valence-corrected chi connectivity index (χ4v) is 2.27. The van der Waals surface area contributed by atoms with Gasteiger partial charge in [0.25, 0.3) is 0 Å². The molecule has 0 saturated carbocycles. The molecule has 0 heterocycles. The summed E-state index contributed by atoms with van der Waals surface area (Å²) in [6.45, 7) is 3.51. The van der Waals surface area contributed by atoms with Crippen molar-refractivity contribution >= 4 is 49.7 Å². The van der Waals surface area contributed by atoms with Crippen LogP contribution in [0.2, 0.25) is 0 Å². The van der Waals surface area contributed by atoms with Crippen LogP contribution in [0.3, 0.4) is 0 Å². The zero-order valence-corrected chi connectivity index (χ0v) is 15.9. The molecule has 0 bridgehead atoms. The van der Waals surface area contributed by atoms with Gasteiger partial charge in [0.1, 0.15) is 0 Å². The average Bonchev–Trinajstić information content (AvgIpc) is 2.40. The number of unbranched alkanes of at least 4 members (excludes halogenated alkanes) is 9. The van der Waals surface area contributed by atoms with Gasteiger partial charge in [0.05, 0.1) is 0 Å². The van der Waals surface area contributed by atoms with E-state index in [9.17, 15) is 9.59 Å². The molecule has 0 aliphatic carbocycles. The molecule has 0 aromatic carbocycles. The van der Waals surface area contributed by atoms with Gasteiger partial charge in [-0.1, -0.05) is 71.1 Å². The van der Waals surface area contributed by atoms with Gasteiger partial charge in [0, 0.05) is 0 Å². The summed E-state index contributed by atoms with van der Waals surface area (Å²) in [4.78, 5) is 21.9. The van der Waals surface area contributed by atoms with E-state index in [1.54, 1.807) is 0 Å². The molecule has 5 heteroatoms. The van der Waals surface area contributed by atoms with Crippen LogP contribution in [0, 0.1) is 5.41 Å². The summed E-state index contributed by atoms with van der Waals surface area (Å²) in [5.74, 6) is -2.47. The van der Waals surface area contributed by atoms with Crippen LogP contribution in [0.4, 0.5) is 0 Å². The molecule has 0 aromatic rings. The molecule has 21 heavy (non-hydrogen) atoms. The van der Waals surface area contributed by atoms with Crippen molar-refractivity contribution in [3.63, 3.8) is 0 Å². The molecule has 122 valence electrons. The third-order valence-electron chi connectivity index (χ3n) is 3.97. The van der Waals surface area contributed by atoms with Gasteiger partial charge < -0.3 is 13.1 Å². The van der Waals surface area contributed by atoms with Crippen LogP contribution >= 0.6 is 0 Å². The predicted octanol–water partition coefficient (Wildman–Crippen LogP) is 4.32. The van der Waals surface area contributed by atoms with Crippen LogP contribution in [0.1, 0.15) is 87.3 Å². The van der Waals surface area contributed by atoms with Crippen molar-refractivity contribution < 1.29 is 22.7 Å². The van der Waals surface area contributed by atoms with E-state index in [2.05, 4.69) is 6.92 Å². The number of rotatable bonds is 13. The summed E-state index contributed by atoms with van der Waals surface area (Å²) >= 11 is 0. The Morgan fingerprint density at radius 1 is 0.810 bits per heavy atom. The molecular weight excluding hydrogens is 296 g/mol. The number of carboxylic acids is 2. The quantitative estimate of drug-likeness (QED) is 0.300. The van der Waals surface area contributed by atoms with Gasteiger partial charge >= 0.3 is 49.7 Å². The molecule has 0 spiro atoms. The number of carbonyl (C=O) groups is 2. The standard InChI is InChI=1S/C16H30O4.Ca.2H/c1-3-4-5-6-7-8-9-10-11-12-13-16(2,14(17)18)15(19)20;;;/h3-13H2,1-2H3,(H,17,18)(H,19,20);;;/q;+2;2*-1. The maximum atomic E-state index is 11.0. The van der Waals surface area contributed by atoms with Gasteiger partial charge in [-0.3, -0.25) is 9.59 Å². The normalized spacial score (nSPS) is 11.0. The second-order valence-corrected chi connectivity index (χ2v) is 5.87. The molecule has 2 N–H and O–H groups in total. The van der Waals surface area contributed by atoms with Crippen molar-refractivity contribution in [2.45, 2.75) is 84.5 Å². The van der Waals surface area contributed by atoms with Crippen molar-refractivity contribution in [3.05, 3.63) is 0 Å². The molecule has 4 nitrogen and oxygen atoms in total. The van der Waals surface area contributed by atoms with Gasteiger partial charge in [0.15, 0.2) is 5.41 Å². The Kier molecular flexibility index (Phi) is 15.5. The Morgan fingerprint density at radius 3 is 1.48 bits per heavy atom. The van der Waals surface area contributed by atoms with Crippen LogP contribution < -0.4 is 0 Å². The molecule has 0 aliphatic rings. The van der Waals surface area contributed by atoms with Crippen LogP contribution in [0.25, 0.3) is 0 Å². The van der Waals surface area contributed by atoms with Gasteiger partial charge in [-0.15, -0.1) is 0 Å². The molecule has 0 amide bonds. The van der Waals surface area contributed by atoms with Gasteiger partial charge in [-0.05, 0) is 13.3 Å². The minimum absolute atomic E-state index is 0. The molecule has 0 aliphatic heterocycles. The van der Waals surface area contributed by atoms with Crippen molar-refractivity contribution in [1.82, 2.24) is 0 Å². The minimum atomic E-state index is -1.62. The average molecular weight is 329 g/mol. The van der Waals surface area contributed by atoms with E-state index in [-0.39, 0.29) is 47.0 Å². The summed E-state index contributed by atoms with van der Waals surface area (Å²) in [7, 11) is 0. The second kappa shape index (κ2) is 13.8. The van der Waals surface area contributed by atoms with E-state index in [4.69, 9.17) is 10.2 Å². The maximum absolute atomic E-state index is 11.0. The Balaban J connectivity index is -0.000000602. The van der Waals surface area contributed by atoms with Crippen LogP contribution in [0.5, 0.6) is 0 Å². The van der Waals surface area contributed by atoms with E-state index in [1.807, 2.05) is 0 Å². The SMILES string of the molecule is CCCCCCCCCCCCC(C)(C(=O)O)C(=O)O.[Ca+2].[H-].[H-]. The molecule has 0 aromatic heterocycles. The van der Waals surface area contributed by atoms with Crippen molar-refractivity contribution in [2.24, 2.45) is 5.41 Å². The first-order valence-corrected chi connectivity index (χ1v) is 7.92. The molecule has 0 atom stereocenters. The third kappa shape index (κ3) is 10.5. The number of carboxylic acid groups (broad SMARTS) is 2. The second-order valence-electron chi connectivity index (χ2n) is 5.87. The van der Waals surface area contributed by atoms with Crippen LogP contribution in [-0.2, 0) is 9.59 Å². The number of hydrogen-bond acceptors (Lipinski definition) is 2. The summed E-state index contributed by atoms with van der Waals surface area (Å²) in [5.41, 5.74) is -1.62. The van der Waals surface area contributed by atoms with Crippen molar-refractivity contribution in [2.75, 3.05) is 0 Å². The van der Waals surface area contributed by atoms with Gasteiger partial charge in [-0.25, -0.2) is 0 Å². The van der Waals surface area contributed by atoms with E-state index in [1.165, 1.54) is 51.9 Å². The first-order valence-electron chi connectivity index (χ1n) is 7.92. The minimum Gasteiger partial charge on any atom is -1.00 e. The fraction of sp³-hybridized carbons (Fsp3) is 0.875. The summed E-state index contributed by atoms with van der Waals surface area (Å²) in [6, 6.07) is 0. The molecule has 0 fully saturated rings. The van der Waals surface area contributed by atoms with E-state index < -0.39 is 17.4 Å². The maximum Gasteiger partial charge on any atom is 2.00 e. The number of aliphatic carboxylic acids is 2. The zero-order valence-electron chi connectivity index (χ0n) is 15.7. The van der Waals surface area contributed by atoms with Crippen molar-refractivity contribution in [3.8, 4) is 0 Å². The predicted molar refractivity (Wildman–Crippen MR) is 87.8 cm³/mol. The Morgan fingerprint density at radius 2 is 1.14 bits per heavy atom. The first kappa shape index (κ1) is 23.5. The van der Waals surface area contributed by atoms with Crippen LogP contribution in [-0.4, -0.2) is 59.9 Å². The Bertz CT molecular complexity index is 288. The summed E-state index contributed by atoms with van der Waals surface area (Å²) in [6.07, 6.45) is 11.8. The molecule has 0 radical (unpaired) electrons.